The molecule has 1 saturated heterocycles. The predicted octanol–water partition coefficient (Wildman–Crippen LogP) is 3.62. The zero-order valence-corrected chi connectivity index (χ0v) is 15.3. The molecule has 1 aromatic rings. The first-order valence-corrected chi connectivity index (χ1v) is 9.05. The fourth-order valence-electron chi connectivity index (χ4n) is 3.08. The number of anilines is 2. The number of halogens is 1. The van der Waals surface area contributed by atoms with Gasteiger partial charge in [0, 0.05) is 25.6 Å². The van der Waals surface area contributed by atoms with Crippen molar-refractivity contribution in [1.82, 2.24) is 4.90 Å². The first-order chi connectivity index (χ1) is 11.9. The van der Waals surface area contributed by atoms with E-state index in [9.17, 15) is 14.0 Å². The Morgan fingerprint density at radius 2 is 2.08 bits per heavy atom. The van der Waals surface area contributed by atoms with E-state index in [2.05, 4.69) is 10.6 Å². The zero-order chi connectivity index (χ0) is 18.4. The molecule has 1 aliphatic heterocycles. The molecule has 0 saturated carbocycles. The van der Waals surface area contributed by atoms with Gasteiger partial charge < -0.3 is 15.5 Å². The summed E-state index contributed by atoms with van der Waals surface area (Å²) >= 11 is 0. The van der Waals surface area contributed by atoms with E-state index in [-0.39, 0.29) is 29.6 Å². The molecule has 1 atom stereocenters. The van der Waals surface area contributed by atoms with Crippen LogP contribution < -0.4 is 10.6 Å². The van der Waals surface area contributed by atoms with Gasteiger partial charge in [0.2, 0.25) is 11.8 Å². The van der Waals surface area contributed by atoms with Crippen LogP contribution in [0.15, 0.2) is 18.2 Å². The third-order valence-electron chi connectivity index (χ3n) is 4.29. The van der Waals surface area contributed by atoms with Gasteiger partial charge in [0.1, 0.15) is 5.82 Å². The number of piperidine rings is 1. The quantitative estimate of drug-likeness (QED) is 0.824. The molecular weight excluding hydrogens is 321 g/mol. The SMILES string of the molecule is CCCC(=O)N1CCC[C@H](C(=O)Nc2ccc(F)cc2NC(C)C)C1. The number of likely N-dealkylation sites (tertiary alicyclic amines) is 1. The normalized spacial score (nSPS) is 17.5. The minimum atomic E-state index is -0.352. The molecule has 0 unspecified atom stereocenters. The molecular formula is C19H28FN3O2. The van der Waals surface area contributed by atoms with Crippen molar-refractivity contribution in [2.45, 2.75) is 52.5 Å². The number of nitrogens with one attached hydrogen (secondary N) is 2. The molecule has 2 N–H and O–H groups in total. The average molecular weight is 349 g/mol. The van der Waals surface area contributed by atoms with Gasteiger partial charge in [-0.2, -0.15) is 0 Å². The van der Waals surface area contributed by atoms with Crippen LogP contribution in [0.3, 0.4) is 0 Å². The number of nitrogens with zero attached hydrogens (tertiary/aromatic N) is 1. The van der Waals surface area contributed by atoms with E-state index in [1.54, 1.807) is 11.0 Å². The van der Waals surface area contributed by atoms with Gasteiger partial charge in [0.25, 0.3) is 0 Å². The van der Waals surface area contributed by atoms with Crippen molar-refractivity contribution < 1.29 is 14.0 Å². The number of amides is 2. The number of carbonyl (C=O) groups is 2. The molecule has 2 rings (SSSR count). The van der Waals surface area contributed by atoms with E-state index in [4.69, 9.17) is 0 Å². The monoisotopic (exact) mass is 349 g/mol. The molecule has 2 amide bonds. The Labute approximate surface area is 149 Å². The molecule has 25 heavy (non-hydrogen) atoms. The molecule has 1 aromatic carbocycles. The van der Waals surface area contributed by atoms with Gasteiger partial charge in [0.05, 0.1) is 17.3 Å². The number of rotatable bonds is 6. The number of benzene rings is 1. The van der Waals surface area contributed by atoms with Gasteiger partial charge in [-0.15, -0.1) is 0 Å². The predicted molar refractivity (Wildman–Crippen MR) is 98.0 cm³/mol. The largest absolute Gasteiger partial charge is 0.381 e. The summed E-state index contributed by atoms with van der Waals surface area (Å²) in [5, 5.41) is 6.05. The number of carbonyl (C=O) groups excluding carboxylic acids is 2. The summed E-state index contributed by atoms with van der Waals surface area (Å²) in [6.45, 7) is 7.06. The maximum atomic E-state index is 13.5. The lowest BCUT2D eigenvalue weighted by molar-refractivity contribution is -0.134. The van der Waals surface area contributed by atoms with E-state index in [0.29, 0.717) is 24.3 Å². The van der Waals surface area contributed by atoms with Gasteiger partial charge in [0.15, 0.2) is 0 Å². The Balaban J connectivity index is 2.05. The van der Waals surface area contributed by atoms with Gasteiger partial charge >= 0.3 is 0 Å². The molecule has 0 aliphatic carbocycles. The Hall–Kier alpha value is -2.11. The van der Waals surface area contributed by atoms with Crippen LogP contribution in [0.25, 0.3) is 0 Å². The van der Waals surface area contributed by atoms with Crippen molar-refractivity contribution in [3.63, 3.8) is 0 Å². The molecule has 5 nitrogen and oxygen atoms in total. The van der Waals surface area contributed by atoms with Crippen LogP contribution in [-0.4, -0.2) is 35.8 Å². The summed E-state index contributed by atoms with van der Waals surface area (Å²) in [4.78, 5) is 26.5. The molecule has 1 aliphatic rings. The Morgan fingerprint density at radius 3 is 2.76 bits per heavy atom. The van der Waals surface area contributed by atoms with Crippen molar-refractivity contribution in [3.05, 3.63) is 24.0 Å². The second-order valence-electron chi connectivity index (χ2n) is 6.91. The molecule has 1 heterocycles. The zero-order valence-electron chi connectivity index (χ0n) is 15.3. The fourth-order valence-corrected chi connectivity index (χ4v) is 3.08. The van der Waals surface area contributed by atoms with Crippen molar-refractivity contribution in [2.24, 2.45) is 5.92 Å². The molecule has 0 bridgehead atoms. The van der Waals surface area contributed by atoms with Crippen LogP contribution in [0, 0.1) is 11.7 Å². The van der Waals surface area contributed by atoms with Gasteiger partial charge in [-0.1, -0.05) is 6.92 Å². The van der Waals surface area contributed by atoms with Crippen LogP contribution in [0.4, 0.5) is 15.8 Å². The molecule has 0 spiro atoms. The highest BCUT2D eigenvalue weighted by molar-refractivity contribution is 5.96. The van der Waals surface area contributed by atoms with Gasteiger partial charge in [-0.25, -0.2) is 4.39 Å². The second-order valence-corrected chi connectivity index (χ2v) is 6.91. The third kappa shape index (κ3) is 5.44. The lowest BCUT2D eigenvalue weighted by Crippen LogP contribution is -2.43. The van der Waals surface area contributed by atoms with E-state index >= 15 is 0 Å². The van der Waals surface area contributed by atoms with Crippen molar-refractivity contribution in [1.29, 1.82) is 0 Å². The summed E-state index contributed by atoms with van der Waals surface area (Å²) < 4.78 is 13.5. The lowest BCUT2D eigenvalue weighted by Gasteiger charge is -2.32. The summed E-state index contributed by atoms with van der Waals surface area (Å²) in [5.74, 6) is -0.585. The van der Waals surface area contributed by atoms with Crippen LogP contribution in [0.5, 0.6) is 0 Å². The minimum absolute atomic E-state index is 0.115. The van der Waals surface area contributed by atoms with Crippen LogP contribution >= 0.6 is 0 Å². The molecule has 1 fully saturated rings. The second kappa shape index (κ2) is 8.83. The van der Waals surface area contributed by atoms with Crippen molar-refractivity contribution in [3.8, 4) is 0 Å². The Kier molecular flexibility index (Phi) is 6.79. The third-order valence-corrected chi connectivity index (χ3v) is 4.29. The number of hydrogen-bond acceptors (Lipinski definition) is 3. The van der Waals surface area contributed by atoms with Crippen LogP contribution in [0.2, 0.25) is 0 Å². The smallest absolute Gasteiger partial charge is 0.229 e. The summed E-state index contributed by atoms with van der Waals surface area (Å²) in [6.07, 6.45) is 2.92. The van der Waals surface area contributed by atoms with Gasteiger partial charge in [-0.3, -0.25) is 9.59 Å². The topological polar surface area (TPSA) is 61.4 Å². The molecule has 138 valence electrons. The summed E-state index contributed by atoms with van der Waals surface area (Å²) in [7, 11) is 0. The van der Waals surface area contributed by atoms with Crippen LogP contribution in [-0.2, 0) is 9.59 Å². The Bertz CT molecular complexity index is 619. The average Bonchev–Trinajstić information content (AvgIpc) is 2.57. The summed E-state index contributed by atoms with van der Waals surface area (Å²) in [6, 6.07) is 4.40. The highest BCUT2D eigenvalue weighted by Crippen LogP contribution is 2.26. The highest BCUT2D eigenvalue weighted by Gasteiger charge is 2.28. The Morgan fingerprint density at radius 1 is 1.32 bits per heavy atom. The maximum Gasteiger partial charge on any atom is 0.229 e. The van der Waals surface area contributed by atoms with E-state index in [0.717, 1.165) is 25.8 Å². The highest BCUT2D eigenvalue weighted by atomic mass is 19.1. The summed E-state index contributed by atoms with van der Waals surface area (Å²) in [5.41, 5.74) is 1.13. The van der Waals surface area contributed by atoms with E-state index in [1.165, 1.54) is 12.1 Å². The standard InChI is InChI=1S/C19H28FN3O2/c1-4-6-18(24)23-10-5-7-14(12-23)19(25)22-16-9-8-15(20)11-17(16)21-13(2)3/h8-9,11,13-14,21H,4-7,10,12H2,1-3H3,(H,22,25)/t14-/m0/s1. The fraction of sp³-hybridized carbons (Fsp3) is 0.579. The lowest BCUT2D eigenvalue weighted by atomic mass is 9.96. The van der Waals surface area contributed by atoms with E-state index < -0.39 is 0 Å². The van der Waals surface area contributed by atoms with E-state index in [1.807, 2.05) is 20.8 Å². The number of hydrogen-bond donors (Lipinski definition) is 2. The van der Waals surface area contributed by atoms with Crippen LogP contribution in [0.1, 0.15) is 46.5 Å². The first kappa shape index (κ1) is 19.2. The minimum Gasteiger partial charge on any atom is -0.381 e. The van der Waals surface area contributed by atoms with Crippen molar-refractivity contribution >= 4 is 23.2 Å². The first-order valence-electron chi connectivity index (χ1n) is 9.05. The molecule has 6 heteroatoms. The van der Waals surface area contributed by atoms with Crippen molar-refractivity contribution in [2.75, 3.05) is 23.7 Å². The maximum absolute atomic E-state index is 13.5. The molecule has 0 radical (unpaired) electrons. The molecule has 0 aromatic heterocycles. The van der Waals surface area contributed by atoms with Gasteiger partial charge in [-0.05, 0) is 51.3 Å².